The first-order chi connectivity index (χ1) is 13.2. The van der Waals surface area contributed by atoms with Gasteiger partial charge in [0.1, 0.15) is 5.75 Å². The predicted molar refractivity (Wildman–Crippen MR) is 106 cm³/mol. The Morgan fingerprint density at radius 3 is 2.33 bits per heavy atom. The molecule has 2 unspecified atom stereocenters. The standard InChI is InChI=1S/C22H26N2O3/c1-26-20-11-10-16(15-6-4-3-5-7-15)12-19(20)23-22(25)24-13-17-8-9-18(14-24)21(17)27-2/h3-7,10-12,17-18,21H,8-9,13-14H2,1-2H3,(H,23,25). The first kappa shape index (κ1) is 17.9. The first-order valence-corrected chi connectivity index (χ1v) is 9.51. The van der Waals surface area contributed by atoms with Crippen LogP contribution in [0, 0.1) is 11.8 Å². The Balaban J connectivity index is 1.52. The van der Waals surface area contributed by atoms with Crippen molar-refractivity contribution in [3.63, 3.8) is 0 Å². The number of carbonyl (C=O) groups is 1. The Morgan fingerprint density at radius 2 is 1.70 bits per heavy atom. The van der Waals surface area contributed by atoms with E-state index >= 15 is 0 Å². The summed E-state index contributed by atoms with van der Waals surface area (Å²) < 4.78 is 11.1. The van der Waals surface area contributed by atoms with Crippen molar-refractivity contribution in [2.24, 2.45) is 11.8 Å². The van der Waals surface area contributed by atoms with Crippen molar-refractivity contribution in [1.82, 2.24) is 4.90 Å². The SMILES string of the molecule is COc1ccc(-c2ccccc2)cc1NC(=O)N1CC2CCC(C1)C2OC. The zero-order chi connectivity index (χ0) is 18.8. The fourth-order valence-electron chi connectivity index (χ4n) is 4.53. The molecule has 2 atom stereocenters. The van der Waals surface area contributed by atoms with Crippen LogP contribution in [-0.4, -0.2) is 44.3 Å². The highest BCUT2D eigenvalue weighted by Gasteiger charge is 2.43. The van der Waals surface area contributed by atoms with Crippen LogP contribution in [0.2, 0.25) is 0 Å². The summed E-state index contributed by atoms with van der Waals surface area (Å²) in [6, 6.07) is 15.9. The molecule has 0 aromatic heterocycles. The van der Waals surface area contributed by atoms with Gasteiger partial charge in [0.15, 0.2) is 0 Å². The number of nitrogens with one attached hydrogen (secondary N) is 1. The molecule has 0 radical (unpaired) electrons. The molecular formula is C22H26N2O3. The van der Waals surface area contributed by atoms with Gasteiger partial charge >= 0.3 is 6.03 Å². The molecule has 27 heavy (non-hydrogen) atoms. The van der Waals surface area contributed by atoms with Gasteiger partial charge in [0.2, 0.25) is 0 Å². The smallest absolute Gasteiger partial charge is 0.321 e. The molecule has 1 saturated carbocycles. The molecule has 1 N–H and O–H groups in total. The van der Waals surface area contributed by atoms with E-state index in [1.165, 1.54) is 0 Å². The molecular weight excluding hydrogens is 340 g/mol. The minimum absolute atomic E-state index is 0.0648. The van der Waals surface area contributed by atoms with Gasteiger partial charge in [0, 0.05) is 32.0 Å². The maximum absolute atomic E-state index is 12.9. The van der Waals surface area contributed by atoms with Crippen LogP contribution in [0.3, 0.4) is 0 Å². The van der Waals surface area contributed by atoms with Gasteiger partial charge in [-0.15, -0.1) is 0 Å². The van der Waals surface area contributed by atoms with E-state index in [1.807, 2.05) is 41.3 Å². The lowest BCUT2D eigenvalue weighted by Crippen LogP contribution is -2.49. The highest BCUT2D eigenvalue weighted by atomic mass is 16.5. The largest absolute Gasteiger partial charge is 0.495 e. The van der Waals surface area contributed by atoms with E-state index in [1.54, 1.807) is 14.2 Å². The molecule has 2 fully saturated rings. The van der Waals surface area contributed by atoms with Crippen LogP contribution in [0.5, 0.6) is 5.75 Å². The number of rotatable bonds is 4. The van der Waals surface area contributed by atoms with Gasteiger partial charge in [-0.2, -0.15) is 0 Å². The van der Waals surface area contributed by atoms with Crippen LogP contribution < -0.4 is 10.1 Å². The van der Waals surface area contributed by atoms with Gasteiger partial charge in [-0.3, -0.25) is 0 Å². The van der Waals surface area contributed by atoms with Crippen LogP contribution in [0.25, 0.3) is 11.1 Å². The number of likely N-dealkylation sites (tertiary alicyclic amines) is 1. The first-order valence-electron chi connectivity index (χ1n) is 9.51. The summed E-state index contributed by atoms with van der Waals surface area (Å²) in [6.45, 7) is 1.50. The molecule has 1 heterocycles. The summed E-state index contributed by atoms with van der Waals surface area (Å²) in [5.74, 6) is 1.55. The van der Waals surface area contributed by atoms with E-state index in [0.717, 1.165) is 37.1 Å². The summed E-state index contributed by atoms with van der Waals surface area (Å²) in [4.78, 5) is 14.8. The van der Waals surface area contributed by atoms with E-state index in [0.29, 0.717) is 29.4 Å². The van der Waals surface area contributed by atoms with Crippen LogP contribution in [-0.2, 0) is 4.74 Å². The lowest BCUT2D eigenvalue weighted by molar-refractivity contribution is -0.00364. The van der Waals surface area contributed by atoms with E-state index in [2.05, 4.69) is 17.4 Å². The Kier molecular flexibility index (Phi) is 5.03. The van der Waals surface area contributed by atoms with E-state index in [9.17, 15) is 4.79 Å². The van der Waals surface area contributed by atoms with Crippen molar-refractivity contribution in [2.45, 2.75) is 18.9 Å². The van der Waals surface area contributed by atoms with Crippen molar-refractivity contribution in [1.29, 1.82) is 0 Å². The van der Waals surface area contributed by atoms with E-state index in [-0.39, 0.29) is 6.03 Å². The second-order valence-electron chi connectivity index (χ2n) is 7.41. The third kappa shape index (κ3) is 3.52. The molecule has 2 aliphatic rings. The molecule has 1 aliphatic carbocycles. The van der Waals surface area contributed by atoms with Gasteiger partial charge in [0.05, 0.1) is 18.9 Å². The Hall–Kier alpha value is -2.53. The summed E-state index contributed by atoms with van der Waals surface area (Å²) in [7, 11) is 3.41. The number of urea groups is 1. The molecule has 2 aromatic rings. The van der Waals surface area contributed by atoms with E-state index < -0.39 is 0 Å². The van der Waals surface area contributed by atoms with Crippen LogP contribution >= 0.6 is 0 Å². The number of benzene rings is 2. The van der Waals surface area contributed by atoms with Crippen molar-refractivity contribution < 1.29 is 14.3 Å². The number of carbonyl (C=O) groups excluding carboxylic acids is 1. The third-order valence-corrected chi connectivity index (χ3v) is 5.85. The van der Waals surface area contributed by atoms with Crippen molar-refractivity contribution in [3.05, 3.63) is 48.5 Å². The zero-order valence-corrected chi connectivity index (χ0v) is 15.9. The van der Waals surface area contributed by atoms with Gasteiger partial charge in [0.25, 0.3) is 0 Å². The monoisotopic (exact) mass is 366 g/mol. The van der Waals surface area contributed by atoms with Crippen molar-refractivity contribution in [3.8, 4) is 16.9 Å². The molecule has 1 saturated heterocycles. The number of hydrogen-bond acceptors (Lipinski definition) is 3. The normalized spacial score (nSPS) is 23.9. The number of nitrogens with zero attached hydrogens (tertiary/aromatic N) is 1. The maximum atomic E-state index is 12.9. The van der Waals surface area contributed by atoms with Gasteiger partial charge in [-0.05, 0) is 36.1 Å². The van der Waals surface area contributed by atoms with Gasteiger partial charge < -0.3 is 19.7 Å². The number of ether oxygens (including phenoxy) is 2. The average Bonchev–Trinajstić information content (AvgIpc) is 2.96. The number of methoxy groups -OCH3 is 2. The lowest BCUT2D eigenvalue weighted by atomic mass is 9.95. The van der Waals surface area contributed by atoms with E-state index in [4.69, 9.17) is 9.47 Å². The van der Waals surface area contributed by atoms with Gasteiger partial charge in [-0.1, -0.05) is 36.4 Å². The summed E-state index contributed by atoms with van der Waals surface area (Å²) in [6.07, 6.45) is 2.57. The average molecular weight is 366 g/mol. The van der Waals surface area contributed by atoms with Crippen LogP contribution in [0.4, 0.5) is 10.5 Å². The number of piperidine rings is 1. The molecule has 0 spiro atoms. The second-order valence-corrected chi connectivity index (χ2v) is 7.41. The summed E-state index contributed by atoms with van der Waals surface area (Å²) >= 11 is 0. The molecule has 5 nitrogen and oxygen atoms in total. The molecule has 2 bridgehead atoms. The molecule has 1 aliphatic heterocycles. The fourth-order valence-corrected chi connectivity index (χ4v) is 4.53. The van der Waals surface area contributed by atoms with Crippen molar-refractivity contribution in [2.75, 3.05) is 32.6 Å². The number of anilines is 1. The highest BCUT2D eigenvalue weighted by Crippen LogP contribution is 2.39. The van der Waals surface area contributed by atoms with Crippen LogP contribution in [0.15, 0.2) is 48.5 Å². The van der Waals surface area contributed by atoms with Gasteiger partial charge in [-0.25, -0.2) is 4.79 Å². The number of hydrogen-bond donors (Lipinski definition) is 1. The molecule has 4 rings (SSSR count). The Morgan fingerprint density at radius 1 is 1.00 bits per heavy atom. The highest BCUT2D eigenvalue weighted by molar-refractivity contribution is 5.92. The van der Waals surface area contributed by atoms with Crippen LogP contribution in [0.1, 0.15) is 12.8 Å². The zero-order valence-electron chi connectivity index (χ0n) is 15.9. The minimum Gasteiger partial charge on any atom is -0.495 e. The maximum Gasteiger partial charge on any atom is 0.321 e. The summed E-state index contributed by atoms with van der Waals surface area (Å²) in [5, 5.41) is 3.06. The quantitative estimate of drug-likeness (QED) is 0.880. The Bertz CT molecular complexity index is 794. The molecule has 142 valence electrons. The lowest BCUT2D eigenvalue weighted by Gasteiger charge is -2.37. The Labute approximate surface area is 160 Å². The molecule has 2 amide bonds. The minimum atomic E-state index is -0.0648. The third-order valence-electron chi connectivity index (χ3n) is 5.85. The number of amides is 2. The topological polar surface area (TPSA) is 50.8 Å². The fraction of sp³-hybridized carbons (Fsp3) is 0.409. The molecule has 2 aromatic carbocycles. The number of fused-ring (bicyclic) bond motifs is 2. The predicted octanol–water partition coefficient (Wildman–Crippen LogP) is 4.25. The summed E-state index contributed by atoms with van der Waals surface area (Å²) in [5.41, 5.74) is 2.85. The molecule has 5 heteroatoms. The van der Waals surface area contributed by atoms with Crippen molar-refractivity contribution >= 4 is 11.7 Å². The second kappa shape index (κ2) is 7.61.